The lowest BCUT2D eigenvalue weighted by Gasteiger charge is -2.16. The minimum Gasteiger partial charge on any atom is -0.497 e. The zero-order valence-electron chi connectivity index (χ0n) is 10.2. The molecule has 1 unspecified atom stereocenters. The maximum atomic E-state index is 6.21. The summed E-state index contributed by atoms with van der Waals surface area (Å²) >= 11 is 18.4. The van der Waals surface area contributed by atoms with Crippen LogP contribution in [0.2, 0.25) is 15.1 Å². The van der Waals surface area contributed by atoms with E-state index in [9.17, 15) is 0 Å². The lowest BCUT2D eigenvalue weighted by atomic mass is 9.99. The van der Waals surface area contributed by atoms with Crippen molar-refractivity contribution in [3.05, 3.63) is 62.6 Å². The predicted molar refractivity (Wildman–Crippen MR) is 80.5 cm³/mol. The van der Waals surface area contributed by atoms with Crippen molar-refractivity contribution in [3.8, 4) is 5.75 Å². The normalized spacial score (nSPS) is 12.3. The summed E-state index contributed by atoms with van der Waals surface area (Å²) in [7, 11) is 1.58. The predicted octanol–water partition coefficient (Wildman–Crippen LogP) is 4.70. The highest BCUT2D eigenvalue weighted by molar-refractivity contribution is 6.42. The third kappa shape index (κ3) is 2.98. The smallest absolute Gasteiger partial charge is 0.120 e. The monoisotopic (exact) mass is 315 g/mol. The lowest BCUT2D eigenvalue weighted by Crippen LogP contribution is -2.13. The molecule has 0 bridgehead atoms. The fraction of sp³-hybridized carbons (Fsp3) is 0.143. The first-order valence-electron chi connectivity index (χ1n) is 5.57. The second-order valence-electron chi connectivity index (χ2n) is 4.01. The molecule has 0 radical (unpaired) electrons. The summed E-state index contributed by atoms with van der Waals surface area (Å²) in [6.45, 7) is 0. The van der Waals surface area contributed by atoms with Gasteiger partial charge in [-0.05, 0) is 29.3 Å². The molecule has 0 aliphatic heterocycles. The van der Waals surface area contributed by atoms with Gasteiger partial charge in [0.1, 0.15) is 5.75 Å². The largest absolute Gasteiger partial charge is 0.497 e. The van der Waals surface area contributed by atoms with Crippen LogP contribution in [0.4, 0.5) is 0 Å². The van der Waals surface area contributed by atoms with E-state index in [1.54, 1.807) is 31.4 Å². The van der Waals surface area contributed by atoms with Crippen LogP contribution in [-0.2, 0) is 0 Å². The molecule has 1 atom stereocenters. The van der Waals surface area contributed by atoms with Gasteiger partial charge in [-0.1, -0.05) is 53.0 Å². The molecule has 5 heteroatoms. The van der Waals surface area contributed by atoms with E-state index in [1.807, 2.05) is 12.1 Å². The fourth-order valence-electron chi connectivity index (χ4n) is 1.82. The molecule has 2 N–H and O–H groups in total. The van der Waals surface area contributed by atoms with Crippen molar-refractivity contribution < 1.29 is 4.74 Å². The topological polar surface area (TPSA) is 35.2 Å². The van der Waals surface area contributed by atoms with Gasteiger partial charge in [0.15, 0.2) is 0 Å². The van der Waals surface area contributed by atoms with Crippen molar-refractivity contribution in [2.75, 3.05) is 7.11 Å². The first-order chi connectivity index (χ1) is 9.04. The fourth-order valence-corrected chi connectivity index (χ4v) is 2.53. The van der Waals surface area contributed by atoms with E-state index < -0.39 is 6.04 Å². The summed E-state index contributed by atoms with van der Waals surface area (Å²) in [5.74, 6) is 0.679. The molecule has 0 heterocycles. The van der Waals surface area contributed by atoms with Gasteiger partial charge in [0.2, 0.25) is 0 Å². The first-order valence-corrected chi connectivity index (χ1v) is 6.71. The second-order valence-corrected chi connectivity index (χ2v) is 5.20. The highest BCUT2D eigenvalue weighted by Crippen LogP contribution is 2.35. The Hall–Kier alpha value is -0.930. The van der Waals surface area contributed by atoms with Crippen molar-refractivity contribution >= 4 is 34.8 Å². The van der Waals surface area contributed by atoms with Gasteiger partial charge in [0, 0.05) is 5.02 Å². The molecule has 0 aliphatic carbocycles. The van der Waals surface area contributed by atoms with E-state index in [4.69, 9.17) is 45.3 Å². The number of hydrogen-bond acceptors (Lipinski definition) is 2. The van der Waals surface area contributed by atoms with Gasteiger partial charge in [-0.25, -0.2) is 0 Å². The van der Waals surface area contributed by atoms with Crippen molar-refractivity contribution in [2.24, 2.45) is 5.73 Å². The summed E-state index contributed by atoms with van der Waals surface area (Å²) < 4.78 is 5.11. The van der Waals surface area contributed by atoms with Crippen LogP contribution in [0.1, 0.15) is 17.2 Å². The van der Waals surface area contributed by atoms with E-state index in [2.05, 4.69) is 0 Å². The van der Waals surface area contributed by atoms with Crippen molar-refractivity contribution in [1.82, 2.24) is 0 Å². The Morgan fingerprint density at radius 3 is 2.37 bits per heavy atom. The number of hydrogen-bond donors (Lipinski definition) is 1. The van der Waals surface area contributed by atoms with Crippen LogP contribution in [0.15, 0.2) is 36.4 Å². The second kappa shape index (κ2) is 6.02. The van der Waals surface area contributed by atoms with Crippen LogP contribution in [0.3, 0.4) is 0 Å². The summed E-state index contributed by atoms with van der Waals surface area (Å²) in [6.07, 6.45) is 0. The third-order valence-electron chi connectivity index (χ3n) is 2.86. The Balaban J connectivity index is 2.44. The number of rotatable bonds is 3. The Bertz CT molecular complexity index is 601. The zero-order valence-corrected chi connectivity index (χ0v) is 12.4. The van der Waals surface area contributed by atoms with Crippen LogP contribution in [-0.4, -0.2) is 7.11 Å². The van der Waals surface area contributed by atoms with Gasteiger partial charge < -0.3 is 10.5 Å². The maximum absolute atomic E-state index is 6.21. The Morgan fingerprint density at radius 2 is 1.74 bits per heavy atom. The molecular weight excluding hydrogens is 305 g/mol. The summed E-state index contributed by atoms with van der Waals surface area (Å²) in [6, 6.07) is 10.3. The Morgan fingerprint density at radius 1 is 1.00 bits per heavy atom. The molecule has 100 valence electrons. The van der Waals surface area contributed by atoms with Gasteiger partial charge in [0.05, 0.1) is 23.2 Å². The zero-order chi connectivity index (χ0) is 14.0. The Labute approximate surface area is 127 Å². The standard InChI is InChI=1S/C14H12Cl3NO/c1-19-8-5-6-9(12(16)7-8)14(18)10-3-2-4-11(15)13(10)17/h2-7,14H,18H2,1H3. The Kier molecular flexibility index (Phi) is 4.58. The van der Waals surface area contributed by atoms with E-state index >= 15 is 0 Å². The van der Waals surface area contributed by atoms with E-state index in [0.717, 1.165) is 11.1 Å². The maximum Gasteiger partial charge on any atom is 0.120 e. The minimum atomic E-state index is -0.440. The molecule has 0 aromatic heterocycles. The quantitative estimate of drug-likeness (QED) is 0.890. The molecule has 0 amide bonds. The first kappa shape index (κ1) is 14.5. The molecule has 0 saturated heterocycles. The van der Waals surface area contributed by atoms with Gasteiger partial charge in [0.25, 0.3) is 0 Å². The van der Waals surface area contributed by atoms with Crippen LogP contribution >= 0.6 is 34.8 Å². The van der Waals surface area contributed by atoms with Crippen LogP contribution in [0, 0.1) is 0 Å². The minimum absolute atomic E-state index is 0.440. The molecule has 2 rings (SSSR count). The SMILES string of the molecule is COc1ccc(C(N)c2cccc(Cl)c2Cl)c(Cl)c1. The van der Waals surface area contributed by atoms with Crippen LogP contribution in [0.5, 0.6) is 5.75 Å². The van der Waals surface area contributed by atoms with Crippen LogP contribution < -0.4 is 10.5 Å². The molecule has 2 aromatic rings. The van der Waals surface area contributed by atoms with Crippen molar-refractivity contribution in [1.29, 1.82) is 0 Å². The summed E-state index contributed by atoms with van der Waals surface area (Å²) in [4.78, 5) is 0. The number of benzene rings is 2. The highest BCUT2D eigenvalue weighted by atomic mass is 35.5. The molecular formula is C14H12Cl3NO. The van der Waals surface area contributed by atoms with Gasteiger partial charge in [-0.2, -0.15) is 0 Å². The van der Waals surface area contributed by atoms with E-state index in [0.29, 0.717) is 20.8 Å². The molecule has 19 heavy (non-hydrogen) atoms. The average Bonchev–Trinajstić information content (AvgIpc) is 2.41. The van der Waals surface area contributed by atoms with Crippen molar-refractivity contribution in [2.45, 2.75) is 6.04 Å². The van der Waals surface area contributed by atoms with Gasteiger partial charge in [-0.15, -0.1) is 0 Å². The molecule has 0 aliphatic rings. The lowest BCUT2D eigenvalue weighted by molar-refractivity contribution is 0.414. The number of ether oxygens (including phenoxy) is 1. The number of methoxy groups -OCH3 is 1. The molecule has 0 fully saturated rings. The van der Waals surface area contributed by atoms with Gasteiger partial charge in [-0.3, -0.25) is 0 Å². The van der Waals surface area contributed by atoms with Crippen LogP contribution in [0.25, 0.3) is 0 Å². The molecule has 0 saturated carbocycles. The van der Waals surface area contributed by atoms with E-state index in [-0.39, 0.29) is 0 Å². The third-order valence-corrected chi connectivity index (χ3v) is 4.02. The van der Waals surface area contributed by atoms with Crippen molar-refractivity contribution in [3.63, 3.8) is 0 Å². The van der Waals surface area contributed by atoms with E-state index in [1.165, 1.54) is 0 Å². The summed E-state index contributed by atoms with van der Waals surface area (Å²) in [5.41, 5.74) is 7.72. The molecule has 0 spiro atoms. The number of nitrogens with two attached hydrogens (primary N) is 1. The molecule has 2 aromatic carbocycles. The van der Waals surface area contributed by atoms with Gasteiger partial charge >= 0.3 is 0 Å². The molecule has 2 nitrogen and oxygen atoms in total. The highest BCUT2D eigenvalue weighted by Gasteiger charge is 2.17. The number of halogens is 3. The average molecular weight is 317 g/mol. The summed E-state index contributed by atoms with van der Waals surface area (Å²) in [5, 5.41) is 1.45.